The Morgan fingerprint density at radius 3 is 1.89 bits per heavy atom. The number of carbonyl (C=O) groups excluding carboxylic acids is 3. The zero-order valence-corrected chi connectivity index (χ0v) is 11.6. The molecule has 0 radical (unpaired) electrons. The second-order valence-electron chi connectivity index (χ2n) is 7.09. The molecule has 0 bridgehead atoms. The number of ketones is 2. The van der Waals surface area contributed by atoms with Gasteiger partial charge in [0.1, 0.15) is 17.3 Å². The molecule has 0 amide bonds. The lowest BCUT2D eigenvalue weighted by Crippen LogP contribution is -2.42. The van der Waals surface area contributed by atoms with Crippen LogP contribution in [0.4, 0.5) is 0 Å². The van der Waals surface area contributed by atoms with Gasteiger partial charge in [-0.2, -0.15) is 0 Å². The van der Waals surface area contributed by atoms with Crippen molar-refractivity contribution in [1.29, 1.82) is 0 Å². The van der Waals surface area contributed by atoms with Gasteiger partial charge in [0.25, 0.3) is 0 Å². The highest BCUT2D eigenvalue weighted by Gasteiger charge is 2.61. The first-order chi connectivity index (χ1) is 8.00. The van der Waals surface area contributed by atoms with Crippen LogP contribution in [0.3, 0.4) is 0 Å². The summed E-state index contributed by atoms with van der Waals surface area (Å²) in [4.78, 5) is 36.2. The van der Waals surface area contributed by atoms with Gasteiger partial charge in [-0.15, -0.1) is 0 Å². The van der Waals surface area contributed by atoms with Gasteiger partial charge in [0.15, 0.2) is 5.78 Å². The van der Waals surface area contributed by atoms with Crippen LogP contribution >= 0.6 is 0 Å². The molecule has 2 atom stereocenters. The van der Waals surface area contributed by atoms with Crippen LogP contribution in [0.2, 0.25) is 0 Å². The Balaban J connectivity index is 2.36. The monoisotopic (exact) mass is 252 g/mol. The SMILES string of the molecule is CC1(C)C[C@@](C)([C@H]2C(=O)CC(C)(C)C2=O)OC1=O. The number of cyclic esters (lactones) is 1. The highest BCUT2D eigenvalue weighted by molar-refractivity contribution is 6.13. The Labute approximate surface area is 107 Å². The van der Waals surface area contributed by atoms with E-state index in [0.717, 1.165) is 0 Å². The van der Waals surface area contributed by atoms with E-state index in [1.165, 1.54) is 0 Å². The molecule has 0 aromatic carbocycles. The van der Waals surface area contributed by atoms with E-state index in [9.17, 15) is 14.4 Å². The number of ether oxygens (including phenoxy) is 1. The fourth-order valence-corrected chi connectivity index (χ4v) is 3.28. The predicted octanol–water partition coefficient (Wildman–Crippen LogP) is 1.90. The molecule has 1 heterocycles. The van der Waals surface area contributed by atoms with E-state index in [4.69, 9.17) is 4.74 Å². The van der Waals surface area contributed by atoms with E-state index in [0.29, 0.717) is 6.42 Å². The van der Waals surface area contributed by atoms with Crippen molar-refractivity contribution in [2.45, 2.75) is 53.1 Å². The van der Waals surface area contributed by atoms with Crippen LogP contribution in [0, 0.1) is 16.7 Å². The van der Waals surface area contributed by atoms with Gasteiger partial charge < -0.3 is 4.74 Å². The lowest BCUT2D eigenvalue weighted by atomic mass is 9.75. The number of hydrogen-bond donors (Lipinski definition) is 0. The lowest BCUT2D eigenvalue weighted by molar-refractivity contribution is -0.158. The minimum Gasteiger partial charge on any atom is -0.458 e. The molecule has 1 saturated heterocycles. The first kappa shape index (κ1) is 13.2. The molecule has 1 aliphatic carbocycles. The second-order valence-corrected chi connectivity index (χ2v) is 7.09. The molecule has 2 aliphatic rings. The van der Waals surface area contributed by atoms with Crippen LogP contribution in [-0.2, 0) is 19.1 Å². The molecule has 2 rings (SSSR count). The minimum absolute atomic E-state index is 0.0968. The maximum absolute atomic E-state index is 12.3. The zero-order chi connectivity index (χ0) is 13.9. The van der Waals surface area contributed by atoms with Gasteiger partial charge >= 0.3 is 5.97 Å². The van der Waals surface area contributed by atoms with Crippen molar-refractivity contribution in [2.75, 3.05) is 0 Å². The number of hydrogen-bond acceptors (Lipinski definition) is 4. The molecule has 2 fully saturated rings. The molecule has 1 saturated carbocycles. The first-order valence-electron chi connectivity index (χ1n) is 6.30. The summed E-state index contributed by atoms with van der Waals surface area (Å²) in [5.41, 5.74) is -2.23. The summed E-state index contributed by atoms with van der Waals surface area (Å²) in [6.45, 7) is 8.84. The van der Waals surface area contributed by atoms with E-state index in [2.05, 4.69) is 0 Å². The van der Waals surface area contributed by atoms with Crippen LogP contribution in [0.5, 0.6) is 0 Å². The van der Waals surface area contributed by atoms with Gasteiger partial charge in [0.05, 0.1) is 5.41 Å². The molecule has 0 aromatic heterocycles. The fraction of sp³-hybridized carbons (Fsp3) is 0.786. The molecular weight excluding hydrogens is 232 g/mol. The third-order valence-corrected chi connectivity index (χ3v) is 4.15. The smallest absolute Gasteiger partial charge is 0.312 e. The number of rotatable bonds is 1. The fourth-order valence-electron chi connectivity index (χ4n) is 3.28. The van der Waals surface area contributed by atoms with Gasteiger partial charge in [0.2, 0.25) is 0 Å². The van der Waals surface area contributed by atoms with Gasteiger partial charge in [-0.3, -0.25) is 14.4 Å². The molecular formula is C14H20O4. The number of esters is 1. The Morgan fingerprint density at radius 1 is 1.00 bits per heavy atom. The average Bonchev–Trinajstić information content (AvgIpc) is 2.45. The zero-order valence-electron chi connectivity index (χ0n) is 11.6. The molecule has 1 aliphatic heterocycles. The van der Waals surface area contributed by atoms with E-state index in [-0.39, 0.29) is 24.0 Å². The molecule has 0 spiro atoms. The first-order valence-corrected chi connectivity index (χ1v) is 6.30. The van der Waals surface area contributed by atoms with Gasteiger partial charge in [0, 0.05) is 18.3 Å². The predicted molar refractivity (Wildman–Crippen MR) is 64.8 cm³/mol. The standard InChI is InChI=1S/C14H20O4/c1-12(2)6-8(15)9(10(12)16)14(5)7-13(3,4)11(17)18-14/h9H,6-7H2,1-5H3/t9-,14-/m0/s1. The molecule has 100 valence electrons. The maximum Gasteiger partial charge on any atom is 0.312 e. The van der Waals surface area contributed by atoms with Crippen molar-refractivity contribution < 1.29 is 19.1 Å². The van der Waals surface area contributed by atoms with Gasteiger partial charge in [-0.1, -0.05) is 13.8 Å². The molecule has 0 N–H and O–H groups in total. The van der Waals surface area contributed by atoms with Crippen LogP contribution in [0.1, 0.15) is 47.5 Å². The van der Waals surface area contributed by atoms with Gasteiger partial charge in [-0.25, -0.2) is 0 Å². The molecule has 0 unspecified atom stereocenters. The van der Waals surface area contributed by atoms with Crippen molar-refractivity contribution in [3.8, 4) is 0 Å². The summed E-state index contributed by atoms with van der Waals surface area (Å²) >= 11 is 0. The van der Waals surface area contributed by atoms with Gasteiger partial charge in [-0.05, 0) is 20.8 Å². The van der Waals surface area contributed by atoms with E-state index < -0.39 is 22.3 Å². The number of carbonyl (C=O) groups is 3. The Hall–Kier alpha value is -1.19. The van der Waals surface area contributed by atoms with Crippen LogP contribution in [0.15, 0.2) is 0 Å². The van der Waals surface area contributed by atoms with Crippen LogP contribution in [-0.4, -0.2) is 23.1 Å². The normalized spacial score (nSPS) is 38.1. The summed E-state index contributed by atoms with van der Waals surface area (Å²) in [5, 5.41) is 0. The third-order valence-electron chi connectivity index (χ3n) is 4.15. The lowest BCUT2D eigenvalue weighted by Gasteiger charge is -2.29. The number of Topliss-reactive ketones (excluding diaryl/α,β-unsaturated/α-hetero) is 2. The quantitative estimate of drug-likeness (QED) is 0.528. The maximum atomic E-state index is 12.3. The van der Waals surface area contributed by atoms with Crippen molar-refractivity contribution in [2.24, 2.45) is 16.7 Å². The van der Waals surface area contributed by atoms with Crippen molar-refractivity contribution in [3.63, 3.8) is 0 Å². The van der Waals surface area contributed by atoms with Crippen molar-refractivity contribution in [3.05, 3.63) is 0 Å². The topological polar surface area (TPSA) is 60.4 Å². The Kier molecular flexibility index (Phi) is 2.52. The minimum atomic E-state index is -0.970. The van der Waals surface area contributed by atoms with Crippen LogP contribution in [0.25, 0.3) is 0 Å². The molecule has 4 heteroatoms. The largest absolute Gasteiger partial charge is 0.458 e. The summed E-state index contributed by atoms with van der Waals surface area (Å²) in [5.74, 6) is -1.31. The Morgan fingerprint density at radius 2 is 1.56 bits per heavy atom. The van der Waals surface area contributed by atoms with E-state index >= 15 is 0 Å². The van der Waals surface area contributed by atoms with Crippen molar-refractivity contribution >= 4 is 17.5 Å². The second kappa shape index (κ2) is 3.43. The molecule has 0 aromatic rings. The summed E-state index contributed by atoms with van der Waals surface area (Å²) in [6, 6.07) is 0. The molecule has 4 nitrogen and oxygen atoms in total. The average molecular weight is 252 g/mol. The molecule has 18 heavy (non-hydrogen) atoms. The van der Waals surface area contributed by atoms with E-state index in [1.807, 2.05) is 0 Å². The van der Waals surface area contributed by atoms with Crippen LogP contribution < -0.4 is 0 Å². The third kappa shape index (κ3) is 1.70. The van der Waals surface area contributed by atoms with Crippen molar-refractivity contribution in [1.82, 2.24) is 0 Å². The highest BCUT2D eigenvalue weighted by atomic mass is 16.6. The summed E-state index contributed by atoms with van der Waals surface area (Å²) in [7, 11) is 0. The summed E-state index contributed by atoms with van der Waals surface area (Å²) in [6.07, 6.45) is 0.654. The van der Waals surface area contributed by atoms with E-state index in [1.54, 1.807) is 34.6 Å². The summed E-state index contributed by atoms with van der Waals surface area (Å²) < 4.78 is 5.40. The Bertz CT molecular complexity index is 447. The highest BCUT2D eigenvalue weighted by Crippen LogP contribution is 2.49.